The highest BCUT2D eigenvalue weighted by Crippen LogP contribution is 2.14. The molecule has 0 aliphatic rings. The molecule has 0 amide bonds. The molecule has 0 saturated carbocycles. The third-order valence-corrected chi connectivity index (χ3v) is 2.97. The first-order chi connectivity index (χ1) is 9.20. The molecule has 1 unspecified atom stereocenters. The van der Waals surface area contributed by atoms with E-state index in [2.05, 4.69) is 16.4 Å². The number of benzene rings is 1. The summed E-state index contributed by atoms with van der Waals surface area (Å²) < 4.78 is 13.2. The summed E-state index contributed by atoms with van der Waals surface area (Å²) in [6.07, 6.45) is 3.50. The quantitative estimate of drug-likeness (QED) is 0.913. The average Bonchev–Trinajstić information content (AvgIpc) is 2.46. The van der Waals surface area contributed by atoms with Crippen molar-refractivity contribution in [2.24, 2.45) is 0 Å². The Morgan fingerprint density at radius 1 is 1.42 bits per heavy atom. The van der Waals surface area contributed by atoms with Crippen molar-refractivity contribution in [3.05, 3.63) is 65.2 Å². The molecule has 0 aliphatic carbocycles. The zero-order chi connectivity index (χ0) is 13.7. The topological polar surface area (TPSA) is 48.7 Å². The van der Waals surface area contributed by atoms with Crippen molar-refractivity contribution in [3.63, 3.8) is 0 Å². The SMILES string of the molecule is CC(NCc1cc(F)ccc1C#N)c1cccnc1. The molecule has 0 saturated heterocycles. The fraction of sp³-hybridized carbons (Fsp3) is 0.200. The lowest BCUT2D eigenvalue weighted by Gasteiger charge is -2.14. The molecule has 4 heteroatoms. The second-order valence-electron chi connectivity index (χ2n) is 4.30. The highest BCUT2D eigenvalue weighted by Gasteiger charge is 2.07. The lowest BCUT2D eigenvalue weighted by Crippen LogP contribution is -2.19. The molecule has 0 radical (unpaired) electrons. The first-order valence-corrected chi connectivity index (χ1v) is 6.02. The van der Waals surface area contributed by atoms with Gasteiger partial charge in [0.2, 0.25) is 0 Å². The van der Waals surface area contributed by atoms with Gasteiger partial charge < -0.3 is 5.32 Å². The summed E-state index contributed by atoms with van der Waals surface area (Å²) in [4.78, 5) is 4.06. The number of nitrogens with one attached hydrogen (secondary N) is 1. The molecule has 0 fully saturated rings. The van der Waals surface area contributed by atoms with E-state index >= 15 is 0 Å². The maximum Gasteiger partial charge on any atom is 0.123 e. The van der Waals surface area contributed by atoms with E-state index in [1.54, 1.807) is 12.4 Å². The number of nitrogens with zero attached hydrogens (tertiary/aromatic N) is 2. The van der Waals surface area contributed by atoms with Crippen molar-refractivity contribution < 1.29 is 4.39 Å². The van der Waals surface area contributed by atoms with Gasteiger partial charge in [-0.3, -0.25) is 4.98 Å². The van der Waals surface area contributed by atoms with Crippen molar-refractivity contribution in [2.45, 2.75) is 19.5 Å². The van der Waals surface area contributed by atoms with E-state index in [4.69, 9.17) is 5.26 Å². The Hall–Kier alpha value is -2.25. The van der Waals surface area contributed by atoms with Gasteiger partial charge in [0.1, 0.15) is 5.82 Å². The smallest absolute Gasteiger partial charge is 0.123 e. The van der Waals surface area contributed by atoms with Gasteiger partial charge in [0.15, 0.2) is 0 Å². The van der Waals surface area contributed by atoms with Crippen LogP contribution in [0.4, 0.5) is 4.39 Å². The predicted octanol–water partition coefficient (Wildman–Crippen LogP) is 2.94. The van der Waals surface area contributed by atoms with Gasteiger partial charge in [-0.05, 0) is 42.3 Å². The van der Waals surface area contributed by atoms with Crippen molar-refractivity contribution in [1.29, 1.82) is 5.26 Å². The zero-order valence-corrected chi connectivity index (χ0v) is 10.6. The van der Waals surface area contributed by atoms with Crippen LogP contribution in [0.3, 0.4) is 0 Å². The zero-order valence-electron chi connectivity index (χ0n) is 10.6. The summed E-state index contributed by atoms with van der Waals surface area (Å²) in [5.41, 5.74) is 2.21. The number of aromatic nitrogens is 1. The molecular weight excluding hydrogens is 241 g/mol. The van der Waals surface area contributed by atoms with Gasteiger partial charge in [-0.1, -0.05) is 6.07 Å². The van der Waals surface area contributed by atoms with E-state index in [9.17, 15) is 4.39 Å². The normalized spacial score (nSPS) is 11.8. The largest absolute Gasteiger partial charge is 0.306 e. The molecule has 1 N–H and O–H groups in total. The Labute approximate surface area is 111 Å². The lowest BCUT2D eigenvalue weighted by molar-refractivity contribution is 0.567. The van der Waals surface area contributed by atoms with Crippen LogP contribution in [0.2, 0.25) is 0 Å². The fourth-order valence-corrected chi connectivity index (χ4v) is 1.83. The molecular formula is C15H14FN3. The van der Waals surface area contributed by atoms with Gasteiger partial charge in [-0.2, -0.15) is 5.26 Å². The minimum atomic E-state index is -0.329. The highest BCUT2D eigenvalue weighted by atomic mass is 19.1. The number of halogens is 1. The minimum Gasteiger partial charge on any atom is -0.306 e. The monoisotopic (exact) mass is 255 g/mol. The Kier molecular flexibility index (Phi) is 4.22. The lowest BCUT2D eigenvalue weighted by atomic mass is 10.1. The van der Waals surface area contributed by atoms with Crippen LogP contribution in [0.1, 0.15) is 29.7 Å². The van der Waals surface area contributed by atoms with E-state index in [1.165, 1.54) is 18.2 Å². The van der Waals surface area contributed by atoms with Gasteiger partial charge in [0.25, 0.3) is 0 Å². The predicted molar refractivity (Wildman–Crippen MR) is 70.6 cm³/mol. The standard InChI is InChI=1S/C15H14FN3/c1-11(13-3-2-6-18-9-13)19-10-14-7-15(16)5-4-12(14)8-17/h2-7,9,11,19H,10H2,1H3. The molecule has 1 heterocycles. The minimum absolute atomic E-state index is 0.0866. The average molecular weight is 255 g/mol. The molecule has 2 aromatic rings. The van der Waals surface area contributed by atoms with Crippen LogP contribution in [0.5, 0.6) is 0 Å². The molecule has 1 atom stereocenters. The van der Waals surface area contributed by atoms with Crippen LogP contribution in [-0.2, 0) is 6.54 Å². The van der Waals surface area contributed by atoms with E-state index in [0.29, 0.717) is 17.7 Å². The van der Waals surface area contributed by atoms with E-state index in [-0.39, 0.29) is 11.9 Å². The van der Waals surface area contributed by atoms with Crippen LogP contribution >= 0.6 is 0 Å². The van der Waals surface area contributed by atoms with Crippen molar-refractivity contribution >= 4 is 0 Å². The van der Waals surface area contributed by atoms with E-state index in [1.807, 2.05) is 19.1 Å². The van der Waals surface area contributed by atoms with Crippen molar-refractivity contribution in [2.75, 3.05) is 0 Å². The number of hydrogen-bond donors (Lipinski definition) is 1. The van der Waals surface area contributed by atoms with Crippen LogP contribution in [0, 0.1) is 17.1 Å². The number of hydrogen-bond acceptors (Lipinski definition) is 3. The van der Waals surface area contributed by atoms with E-state index in [0.717, 1.165) is 5.56 Å². The van der Waals surface area contributed by atoms with Crippen LogP contribution < -0.4 is 5.32 Å². The van der Waals surface area contributed by atoms with Crippen LogP contribution in [0.15, 0.2) is 42.7 Å². The summed E-state index contributed by atoms with van der Waals surface area (Å²) in [5, 5.41) is 12.2. The summed E-state index contributed by atoms with van der Waals surface area (Å²) in [6.45, 7) is 2.44. The van der Waals surface area contributed by atoms with Gasteiger partial charge in [-0.25, -0.2) is 4.39 Å². The second kappa shape index (κ2) is 6.07. The third kappa shape index (κ3) is 3.36. The Morgan fingerprint density at radius 2 is 2.26 bits per heavy atom. The molecule has 2 rings (SSSR count). The fourth-order valence-electron chi connectivity index (χ4n) is 1.83. The Balaban J connectivity index is 2.07. The van der Waals surface area contributed by atoms with Gasteiger partial charge in [0, 0.05) is 25.0 Å². The maximum atomic E-state index is 13.2. The first kappa shape index (κ1) is 13.2. The van der Waals surface area contributed by atoms with Crippen LogP contribution in [-0.4, -0.2) is 4.98 Å². The van der Waals surface area contributed by atoms with Gasteiger partial charge >= 0.3 is 0 Å². The molecule has 1 aromatic carbocycles. The molecule has 19 heavy (non-hydrogen) atoms. The number of pyridine rings is 1. The summed E-state index contributed by atoms with van der Waals surface area (Å²) >= 11 is 0. The number of rotatable bonds is 4. The molecule has 3 nitrogen and oxygen atoms in total. The molecule has 0 aliphatic heterocycles. The molecule has 0 spiro atoms. The number of nitriles is 1. The summed E-state index contributed by atoms with van der Waals surface area (Å²) in [5.74, 6) is -0.329. The first-order valence-electron chi connectivity index (χ1n) is 6.02. The molecule has 96 valence electrons. The van der Waals surface area contributed by atoms with Gasteiger partial charge in [-0.15, -0.1) is 0 Å². The second-order valence-corrected chi connectivity index (χ2v) is 4.30. The maximum absolute atomic E-state index is 13.2. The Morgan fingerprint density at radius 3 is 2.95 bits per heavy atom. The summed E-state index contributed by atoms with van der Waals surface area (Å²) in [7, 11) is 0. The highest BCUT2D eigenvalue weighted by molar-refractivity contribution is 5.37. The molecule has 1 aromatic heterocycles. The molecule has 0 bridgehead atoms. The van der Waals surface area contributed by atoms with Gasteiger partial charge in [0.05, 0.1) is 11.6 Å². The van der Waals surface area contributed by atoms with Crippen molar-refractivity contribution in [1.82, 2.24) is 10.3 Å². The van der Waals surface area contributed by atoms with Crippen molar-refractivity contribution in [3.8, 4) is 6.07 Å². The van der Waals surface area contributed by atoms with Crippen LogP contribution in [0.25, 0.3) is 0 Å². The Bertz CT molecular complexity index is 590. The third-order valence-electron chi connectivity index (χ3n) is 2.97. The summed E-state index contributed by atoms with van der Waals surface area (Å²) in [6, 6.07) is 10.2. The van der Waals surface area contributed by atoms with E-state index < -0.39 is 0 Å².